The van der Waals surface area contributed by atoms with E-state index in [0.717, 1.165) is 0 Å². The number of nitrogens with one attached hydrogen (secondary N) is 1. The molecule has 0 atom stereocenters. The van der Waals surface area contributed by atoms with Gasteiger partial charge < -0.3 is 5.73 Å². The fraction of sp³-hybridized carbons (Fsp3) is 0.111. The quantitative estimate of drug-likeness (QED) is 0.381. The molecule has 7 heteroatoms. The van der Waals surface area contributed by atoms with Crippen LogP contribution in [0, 0.1) is 0 Å². The lowest BCUT2D eigenvalue weighted by Crippen LogP contribution is -2.25. The van der Waals surface area contributed by atoms with Crippen molar-refractivity contribution in [1.29, 1.82) is 0 Å². The molecule has 0 saturated carbocycles. The molecular formula is C9H8Cl3N3S. The summed E-state index contributed by atoms with van der Waals surface area (Å²) in [7, 11) is 0. The zero-order chi connectivity index (χ0) is 12.3. The number of halogens is 3. The maximum absolute atomic E-state index is 6.02. The van der Waals surface area contributed by atoms with Gasteiger partial charge in [-0.25, -0.2) is 0 Å². The number of hydrogen-bond acceptors (Lipinski definition) is 2. The van der Waals surface area contributed by atoms with Crippen LogP contribution >= 0.6 is 47.0 Å². The van der Waals surface area contributed by atoms with E-state index in [-0.39, 0.29) is 5.11 Å². The highest BCUT2D eigenvalue weighted by molar-refractivity contribution is 7.80. The minimum atomic E-state index is 0.0792. The average Bonchev–Trinajstić information content (AvgIpc) is 2.23. The van der Waals surface area contributed by atoms with E-state index in [4.69, 9.17) is 40.5 Å². The number of nitrogens with two attached hydrogens (primary N) is 1. The first-order chi connectivity index (χ1) is 7.43. The summed E-state index contributed by atoms with van der Waals surface area (Å²) in [5.74, 6) is 0. The van der Waals surface area contributed by atoms with E-state index in [1.54, 1.807) is 19.1 Å². The first kappa shape index (κ1) is 13.5. The Balaban J connectivity index is 3.10. The molecule has 0 aliphatic carbocycles. The van der Waals surface area contributed by atoms with Gasteiger partial charge in [-0.2, -0.15) is 5.10 Å². The third kappa shape index (κ3) is 3.22. The number of hydrazone groups is 1. The summed E-state index contributed by atoms with van der Waals surface area (Å²) in [6.07, 6.45) is 0. The lowest BCUT2D eigenvalue weighted by atomic mass is 10.1. The van der Waals surface area contributed by atoms with Crippen LogP contribution in [0.1, 0.15) is 12.5 Å². The third-order valence-corrected chi connectivity index (χ3v) is 3.14. The number of thiocarbonyl (C=S) groups is 1. The van der Waals surface area contributed by atoms with Gasteiger partial charge in [-0.15, -0.1) is 0 Å². The second kappa shape index (κ2) is 5.68. The van der Waals surface area contributed by atoms with E-state index >= 15 is 0 Å². The fourth-order valence-corrected chi connectivity index (χ4v) is 1.72. The van der Waals surface area contributed by atoms with Crippen LogP contribution in [0.4, 0.5) is 0 Å². The summed E-state index contributed by atoms with van der Waals surface area (Å²) in [5, 5.41) is 5.06. The highest BCUT2D eigenvalue weighted by Gasteiger charge is 2.10. The van der Waals surface area contributed by atoms with E-state index in [9.17, 15) is 0 Å². The van der Waals surface area contributed by atoms with Crippen molar-refractivity contribution in [3.8, 4) is 0 Å². The first-order valence-electron chi connectivity index (χ1n) is 4.17. The van der Waals surface area contributed by atoms with Crippen molar-refractivity contribution in [2.75, 3.05) is 0 Å². The predicted molar refractivity (Wildman–Crippen MR) is 73.6 cm³/mol. The summed E-state index contributed by atoms with van der Waals surface area (Å²) < 4.78 is 0. The molecule has 1 aromatic rings. The molecule has 0 unspecified atom stereocenters. The summed E-state index contributed by atoms with van der Waals surface area (Å²) in [4.78, 5) is 0. The molecule has 0 fully saturated rings. The SMILES string of the molecule is CC(=NNC(N)=S)c1ccc(Cl)c(Cl)c1Cl. The topological polar surface area (TPSA) is 50.4 Å². The van der Waals surface area contributed by atoms with E-state index < -0.39 is 0 Å². The smallest absolute Gasteiger partial charge is 0.184 e. The van der Waals surface area contributed by atoms with Gasteiger partial charge in [-0.05, 0) is 25.2 Å². The highest BCUT2D eigenvalue weighted by Crippen LogP contribution is 2.32. The van der Waals surface area contributed by atoms with Crippen LogP contribution in [0.2, 0.25) is 15.1 Å². The molecule has 3 nitrogen and oxygen atoms in total. The minimum Gasteiger partial charge on any atom is -0.375 e. The molecule has 1 aromatic carbocycles. The van der Waals surface area contributed by atoms with E-state index in [0.29, 0.717) is 26.3 Å². The van der Waals surface area contributed by atoms with E-state index in [1.807, 2.05) is 0 Å². The Morgan fingerprint density at radius 2 is 1.94 bits per heavy atom. The molecule has 3 N–H and O–H groups in total. The molecule has 0 aliphatic heterocycles. The molecule has 0 aliphatic rings. The van der Waals surface area contributed by atoms with Gasteiger partial charge in [0.05, 0.1) is 20.8 Å². The summed E-state index contributed by atoms with van der Waals surface area (Å²) in [5.41, 5.74) is 8.99. The second-order valence-corrected chi connectivity index (χ2v) is 4.50. The van der Waals surface area contributed by atoms with Crippen molar-refractivity contribution < 1.29 is 0 Å². The normalized spacial score (nSPS) is 11.4. The van der Waals surface area contributed by atoms with Crippen LogP contribution in [0.25, 0.3) is 0 Å². The zero-order valence-corrected chi connectivity index (χ0v) is 11.3. The second-order valence-electron chi connectivity index (χ2n) is 2.90. The van der Waals surface area contributed by atoms with Gasteiger partial charge in [-0.1, -0.05) is 40.9 Å². The first-order valence-corrected chi connectivity index (χ1v) is 5.71. The van der Waals surface area contributed by atoms with Crippen molar-refractivity contribution in [1.82, 2.24) is 5.43 Å². The minimum absolute atomic E-state index is 0.0792. The molecule has 0 spiro atoms. The number of nitrogens with zero attached hydrogens (tertiary/aromatic N) is 1. The van der Waals surface area contributed by atoms with Crippen molar-refractivity contribution in [3.63, 3.8) is 0 Å². The lowest BCUT2D eigenvalue weighted by molar-refractivity contribution is 1.03. The molecule has 16 heavy (non-hydrogen) atoms. The zero-order valence-electron chi connectivity index (χ0n) is 8.22. The Hall–Kier alpha value is -0.550. The van der Waals surface area contributed by atoms with E-state index in [1.165, 1.54) is 0 Å². The van der Waals surface area contributed by atoms with Crippen LogP contribution in [0.3, 0.4) is 0 Å². The third-order valence-electron chi connectivity index (χ3n) is 1.76. The Labute approximate surface area is 114 Å². The van der Waals surface area contributed by atoms with Gasteiger partial charge in [0, 0.05) is 5.56 Å². The fourth-order valence-electron chi connectivity index (χ4n) is 1.00. The largest absolute Gasteiger partial charge is 0.375 e. The standard InChI is InChI=1S/C9H8Cl3N3S/c1-4(14-15-9(13)16)5-2-3-6(10)8(12)7(5)11/h2-3H,1H3,(H3,13,15,16). The molecular weight excluding hydrogens is 289 g/mol. The summed E-state index contributed by atoms with van der Waals surface area (Å²) in [6, 6.07) is 3.36. The number of rotatable bonds is 2. The summed E-state index contributed by atoms with van der Waals surface area (Å²) >= 11 is 22.3. The Morgan fingerprint density at radius 3 is 2.50 bits per heavy atom. The van der Waals surface area contributed by atoms with Crippen molar-refractivity contribution in [3.05, 3.63) is 32.8 Å². The highest BCUT2D eigenvalue weighted by atomic mass is 35.5. The van der Waals surface area contributed by atoms with Crippen LogP contribution in [0.15, 0.2) is 17.2 Å². The molecule has 0 amide bonds. The average molecular weight is 297 g/mol. The van der Waals surface area contributed by atoms with Gasteiger partial charge in [0.15, 0.2) is 5.11 Å². The van der Waals surface area contributed by atoms with Crippen molar-refractivity contribution in [2.24, 2.45) is 10.8 Å². The molecule has 0 radical (unpaired) electrons. The van der Waals surface area contributed by atoms with Gasteiger partial charge in [0.2, 0.25) is 0 Å². The molecule has 0 saturated heterocycles. The monoisotopic (exact) mass is 295 g/mol. The van der Waals surface area contributed by atoms with Crippen LogP contribution in [-0.4, -0.2) is 10.8 Å². The maximum atomic E-state index is 6.02. The summed E-state index contributed by atoms with van der Waals surface area (Å²) in [6.45, 7) is 1.75. The van der Waals surface area contributed by atoms with E-state index in [2.05, 4.69) is 22.7 Å². The van der Waals surface area contributed by atoms with Crippen molar-refractivity contribution >= 4 is 57.8 Å². The molecule has 86 valence electrons. The lowest BCUT2D eigenvalue weighted by Gasteiger charge is -2.07. The number of hydrogen-bond donors (Lipinski definition) is 2. The van der Waals surface area contributed by atoms with Gasteiger partial charge in [0.1, 0.15) is 0 Å². The molecule has 0 heterocycles. The van der Waals surface area contributed by atoms with Crippen molar-refractivity contribution in [2.45, 2.75) is 6.92 Å². The van der Waals surface area contributed by atoms with Gasteiger partial charge in [0.25, 0.3) is 0 Å². The molecule has 0 aromatic heterocycles. The molecule has 0 bridgehead atoms. The van der Waals surface area contributed by atoms with Crippen LogP contribution < -0.4 is 11.2 Å². The van der Waals surface area contributed by atoms with Crippen LogP contribution in [0.5, 0.6) is 0 Å². The number of benzene rings is 1. The Morgan fingerprint density at radius 1 is 1.31 bits per heavy atom. The predicted octanol–water partition coefficient (Wildman–Crippen LogP) is 3.20. The Kier molecular flexibility index (Phi) is 4.80. The molecule has 1 rings (SSSR count). The van der Waals surface area contributed by atoms with Crippen LogP contribution in [-0.2, 0) is 0 Å². The van der Waals surface area contributed by atoms with Gasteiger partial charge in [-0.3, -0.25) is 5.43 Å². The van der Waals surface area contributed by atoms with Gasteiger partial charge >= 0.3 is 0 Å². The Bertz CT molecular complexity index is 460. The maximum Gasteiger partial charge on any atom is 0.184 e.